The van der Waals surface area contributed by atoms with Gasteiger partial charge in [0.25, 0.3) is 5.91 Å². The molecule has 2 aromatic carbocycles. The highest BCUT2D eigenvalue weighted by Crippen LogP contribution is 2.17. The van der Waals surface area contributed by atoms with Crippen molar-refractivity contribution in [1.29, 1.82) is 0 Å². The molecule has 0 aliphatic rings. The maximum atomic E-state index is 12.1. The minimum Gasteiger partial charge on any atom is -0.494 e. The van der Waals surface area contributed by atoms with Gasteiger partial charge < -0.3 is 19.5 Å². The number of amides is 1. The fraction of sp³-hybridized carbons (Fsp3) is 0.333. The third-order valence-corrected chi connectivity index (χ3v) is 3.77. The summed E-state index contributed by atoms with van der Waals surface area (Å²) < 4.78 is 16.1. The van der Waals surface area contributed by atoms with Gasteiger partial charge in [-0.15, -0.1) is 0 Å². The molecule has 0 unspecified atom stereocenters. The number of carbonyl (C=O) groups excluding carboxylic acids is 2. The van der Waals surface area contributed by atoms with Crippen LogP contribution < -0.4 is 14.8 Å². The SMILES string of the molecule is CCOc1ccc(NC(=O)[C@H](C)OC(=O)CCOc2ccccc2C)cc1. The van der Waals surface area contributed by atoms with Crippen molar-refractivity contribution in [2.45, 2.75) is 33.3 Å². The molecule has 1 amide bonds. The van der Waals surface area contributed by atoms with Gasteiger partial charge in [0.05, 0.1) is 19.6 Å². The van der Waals surface area contributed by atoms with Crippen molar-refractivity contribution in [1.82, 2.24) is 0 Å². The molecule has 0 aromatic heterocycles. The molecule has 0 spiro atoms. The summed E-state index contributed by atoms with van der Waals surface area (Å²) in [5.74, 6) is 0.570. The highest BCUT2D eigenvalue weighted by Gasteiger charge is 2.18. The highest BCUT2D eigenvalue weighted by molar-refractivity contribution is 5.95. The zero-order chi connectivity index (χ0) is 19.6. The number of anilines is 1. The molecule has 1 atom stereocenters. The van der Waals surface area contributed by atoms with Crippen molar-refractivity contribution in [2.75, 3.05) is 18.5 Å². The van der Waals surface area contributed by atoms with E-state index < -0.39 is 18.0 Å². The quantitative estimate of drug-likeness (QED) is 0.680. The van der Waals surface area contributed by atoms with E-state index in [1.807, 2.05) is 38.1 Å². The predicted molar refractivity (Wildman–Crippen MR) is 103 cm³/mol. The van der Waals surface area contributed by atoms with Gasteiger partial charge in [-0.1, -0.05) is 18.2 Å². The van der Waals surface area contributed by atoms with Gasteiger partial charge in [-0.25, -0.2) is 0 Å². The Morgan fingerprint density at radius 1 is 1.04 bits per heavy atom. The topological polar surface area (TPSA) is 73.9 Å². The van der Waals surface area contributed by atoms with E-state index in [0.29, 0.717) is 12.3 Å². The highest BCUT2D eigenvalue weighted by atomic mass is 16.5. The average Bonchev–Trinajstić information content (AvgIpc) is 2.65. The van der Waals surface area contributed by atoms with Crippen LogP contribution in [0, 0.1) is 6.92 Å². The van der Waals surface area contributed by atoms with Crippen molar-refractivity contribution in [3.05, 3.63) is 54.1 Å². The van der Waals surface area contributed by atoms with E-state index in [-0.39, 0.29) is 13.0 Å². The van der Waals surface area contributed by atoms with Crippen LogP contribution in [0.15, 0.2) is 48.5 Å². The maximum Gasteiger partial charge on any atom is 0.310 e. The molecule has 0 fully saturated rings. The van der Waals surface area contributed by atoms with E-state index in [9.17, 15) is 9.59 Å². The summed E-state index contributed by atoms with van der Waals surface area (Å²) in [5, 5.41) is 2.70. The van der Waals surface area contributed by atoms with Crippen molar-refractivity contribution < 1.29 is 23.8 Å². The second-order valence-corrected chi connectivity index (χ2v) is 5.94. The number of nitrogens with one attached hydrogen (secondary N) is 1. The molecule has 6 nitrogen and oxygen atoms in total. The Bertz CT molecular complexity index is 757. The first-order chi connectivity index (χ1) is 13.0. The molecular weight excluding hydrogens is 346 g/mol. The Balaban J connectivity index is 1.74. The van der Waals surface area contributed by atoms with Crippen LogP contribution >= 0.6 is 0 Å². The monoisotopic (exact) mass is 371 g/mol. The lowest BCUT2D eigenvalue weighted by Gasteiger charge is -2.14. The zero-order valence-electron chi connectivity index (χ0n) is 15.9. The number of hydrogen-bond acceptors (Lipinski definition) is 5. The number of aryl methyl sites for hydroxylation is 1. The fourth-order valence-corrected chi connectivity index (χ4v) is 2.32. The van der Waals surface area contributed by atoms with Gasteiger partial charge in [-0.05, 0) is 56.7 Å². The van der Waals surface area contributed by atoms with Crippen molar-refractivity contribution in [3.63, 3.8) is 0 Å². The number of ether oxygens (including phenoxy) is 3. The zero-order valence-corrected chi connectivity index (χ0v) is 15.9. The van der Waals surface area contributed by atoms with Gasteiger partial charge in [0, 0.05) is 5.69 Å². The molecule has 27 heavy (non-hydrogen) atoms. The molecule has 1 N–H and O–H groups in total. The molecular formula is C21H25NO5. The van der Waals surface area contributed by atoms with Gasteiger partial charge in [0.15, 0.2) is 6.10 Å². The number of rotatable bonds is 9. The van der Waals surface area contributed by atoms with Gasteiger partial charge in [0.2, 0.25) is 0 Å². The maximum absolute atomic E-state index is 12.1. The molecule has 0 heterocycles. The van der Waals surface area contributed by atoms with E-state index in [1.54, 1.807) is 24.3 Å². The summed E-state index contributed by atoms with van der Waals surface area (Å²) >= 11 is 0. The van der Waals surface area contributed by atoms with Crippen LogP contribution in [-0.2, 0) is 14.3 Å². The molecule has 144 valence electrons. The molecule has 0 saturated carbocycles. The van der Waals surface area contributed by atoms with Crippen LogP contribution in [0.1, 0.15) is 25.8 Å². The number of hydrogen-bond donors (Lipinski definition) is 1. The molecule has 2 rings (SSSR count). The van der Waals surface area contributed by atoms with Crippen molar-refractivity contribution in [2.24, 2.45) is 0 Å². The van der Waals surface area contributed by atoms with Crippen LogP contribution in [-0.4, -0.2) is 31.2 Å². The smallest absolute Gasteiger partial charge is 0.310 e. The number of benzene rings is 2. The van der Waals surface area contributed by atoms with Crippen LogP contribution in [0.5, 0.6) is 11.5 Å². The van der Waals surface area contributed by atoms with Crippen LogP contribution in [0.2, 0.25) is 0 Å². The van der Waals surface area contributed by atoms with Crippen LogP contribution in [0.25, 0.3) is 0 Å². The van der Waals surface area contributed by atoms with E-state index >= 15 is 0 Å². The molecule has 2 aromatic rings. The van der Waals surface area contributed by atoms with Crippen LogP contribution in [0.4, 0.5) is 5.69 Å². The lowest BCUT2D eigenvalue weighted by Crippen LogP contribution is -2.30. The average molecular weight is 371 g/mol. The predicted octanol–water partition coefficient (Wildman–Crippen LogP) is 3.73. The lowest BCUT2D eigenvalue weighted by atomic mass is 10.2. The minimum absolute atomic E-state index is 0.0645. The van der Waals surface area contributed by atoms with Crippen LogP contribution in [0.3, 0.4) is 0 Å². The molecule has 0 bridgehead atoms. The second kappa shape index (κ2) is 10.2. The van der Waals surface area contributed by atoms with Gasteiger partial charge >= 0.3 is 5.97 Å². The summed E-state index contributed by atoms with van der Waals surface area (Å²) in [7, 11) is 0. The number of esters is 1. The normalized spacial score (nSPS) is 11.4. The van der Waals surface area contributed by atoms with E-state index in [2.05, 4.69) is 5.32 Å². The van der Waals surface area contributed by atoms with E-state index in [1.165, 1.54) is 6.92 Å². The van der Waals surface area contributed by atoms with Crippen molar-refractivity contribution in [3.8, 4) is 11.5 Å². The first kappa shape index (κ1) is 20.3. The summed E-state index contributed by atoms with van der Waals surface area (Å²) in [5.41, 5.74) is 1.60. The summed E-state index contributed by atoms with van der Waals surface area (Å²) in [4.78, 5) is 24.1. The van der Waals surface area contributed by atoms with Gasteiger partial charge in [0.1, 0.15) is 11.5 Å². The Kier molecular flexibility index (Phi) is 7.67. The number of para-hydroxylation sites is 1. The Labute approximate surface area is 159 Å². The first-order valence-corrected chi connectivity index (χ1v) is 8.91. The summed E-state index contributed by atoms with van der Waals surface area (Å²) in [6, 6.07) is 14.5. The minimum atomic E-state index is -0.900. The molecule has 6 heteroatoms. The van der Waals surface area contributed by atoms with E-state index in [4.69, 9.17) is 14.2 Å². The number of carbonyl (C=O) groups is 2. The van der Waals surface area contributed by atoms with Gasteiger partial charge in [-0.2, -0.15) is 0 Å². The van der Waals surface area contributed by atoms with E-state index in [0.717, 1.165) is 17.1 Å². The Morgan fingerprint density at radius 2 is 1.74 bits per heavy atom. The molecule has 0 radical (unpaired) electrons. The third kappa shape index (κ3) is 6.66. The standard InChI is InChI=1S/C21H25NO5/c1-4-25-18-11-9-17(10-12-18)22-21(24)16(3)27-20(23)13-14-26-19-8-6-5-7-15(19)2/h5-12,16H,4,13-14H2,1-3H3,(H,22,24)/t16-/m0/s1. The molecule has 0 aliphatic heterocycles. The Hall–Kier alpha value is -3.02. The van der Waals surface area contributed by atoms with Gasteiger partial charge in [-0.3, -0.25) is 9.59 Å². The van der Waals surface area contributed by atoms with Crippen molar-refractivity contribution >= 4 is 17.6 Å². The molecule has 0 saturated heterocycles. The molecule has 0 aliphatic carbocycles. The Morgan fingerprint density at radius 3 is 2.41 bits per heavy atom. The summed E-state index contributed by atoms with van der Waals surface area (Å²) in [6.45, 7) is 6.13. The first-order valence-electron chi connectivity index (χ1n) is 8.91. The summed E-state index contributed by atoms with van der Waals surface area (Å²) in [6.07, 6.45) is -0.836. The second-order valence-electron chi connectivity index (χ2n) is 5.94. The largest absolute Gasteiger partial charge is 0.494 e. The third-order valence-electron chi connectivity index (χ3n) is 3.77. The lowest BCUT2D eigenvalue weighted by molar-refractivity contribution is -0.153. The fourth-order valence-electron chi connectivity index (χ4n) is 2.32.